The third kappa shape index (κ3) is 2.52. The normalized spacial score (nSPS) is 30.7. The summed E-state index contributed by atoms with van der Waals surface area (Å²) < 4.78 is 16.6. The number of fused-ring (bicyclic) bond motifs is 1. The Labute approximate surface area is 131 Å². The van der Waals surface area contributed by atoms with Crippen LogP contribution in [0.25, 0.3) is 0 Å². The molecule has 0 spiro atoms. The van der Waals surface area contributed by atoms with E-state index >= 15 is 0 Å². The molecule has 4 nitrogen and oxygen atoms in total. The lowest BCUT2D eigenvalue weighted by atomic mass is 9.71. The maximum absolute atomic E-state index is 12.0. The van der Waals surface area contributed by atoms with Crippen molar-refractivity contribution < 1.29 is 19.0 Å². The number of hydrogen-bond acceptors (Lipinski definition) is 4. The van der Waals surface area contributed by atoms with E-state index in [0.29, 0.717) is 0 Å². The first kappa shape index (κ1) is 15.1. The molecule has 2 aliphatic rings. The minimum Gasteiger partial charge on any atom is -0.463 e. The molecule has 1 aromatic carbocycles. The quantitative estimate of drug-likeness (QED) is 0.803. The number of carbonyl (C=O) groups excluding carboxylic acids is 1. The maximum Gasteiger partial charge on any atom is 0.373 e. The van der Waals surface area contributed by atoms with E-state index in [1.807, 2.05) is 24.3 Å². The van der Waals surface area contributed by atoms with Gasteiger partial charge in [-0.05, 0) is 24.5 Å². The maximum atomic E-state index is 12.0. The molecule has 22 heavy (non-hydrogen) atoms. The van der Waals surface area contributed by atoms with Crippen LogP contribution in [0, 0.1) is 5.92 Å². The fourth-order valence-corrected chi connectivity index (χ4v) is 3.73. The van der Waals surface area contributed by atoms with E-state index in [9.17, 15) is 4.79 Å². The van der Waals surface area contributed by atoms with E-state index in [2.05, 4.69) is 12.1 Å². The molecular formula is C18H22O4. The highest BCUT2D eigenvalue weighted by atomic mass is 16.7. The number of methoxy groups -OCH3 is 2. The number of benzene rings is 1. The van der Waals surface area contributed by atoms with E-state index < -0.39 is 11.8 Å². The lowest BCUT2D eigenvalue weighted by Crippen LogP contribution is -2.50. The Morgan fingerprint density at radius 1 is 1.23 bits per heavy atom. The van der Waals surface area contributed by atoms with E-state index in [0.717, 1.165) is 25.7 Å². The van der Waals surface area contributed by atoms with Gasteiger partial charge >= 0.3 is 5.97 Å². The zero-order chi connectivity index (χ0) is 15.6. The molecule has 0 N–H and O–H groups in total. The summed E-state index contributed by atoms with van der Waals surface area (Å²) in [4.78, 5) is 12.0. The molecule has 0 unspecified atom stereocenters. The Balaban J connectivity index is 2.05. The molecule has 0 bridgehead atoms. The van der Waals surface area contributed by atoms with Crippen LogP contribution in [-0.2, 0) is 19.0 Å². The molecule has 0 radical (unpaired) electrons. The molecule has 0 saturated heterocycles. The average molecular weight is 302 g/mol. The van der Waals surface area contributed by atoms with Crippen LogP contribution in [0.5, 0.6) is 0 Å². The fraction of sp³-hybridized carbons (Fsp3) is 0.500. The molecule has 1 aliphatic carbocycles. The molecule has 1 fully saturated rings. The summed E-state index contributed by atoms with van der Waals surface area (Å²) in [6, 6.07) is 10.2. The lowest BCUT2D eigenvalue weighted by molar-refractivity contribution is -0.259. The number of rotatable bonds is 3. The van der Waals surface area contributed by atoms with Gasteiger partial charge in [0, 0.05) is 25.4 Å². The van der Waals surface area contributed by atoms with E-state index in [1.54, 1.807) is 7.11 Å². The largest absolute Gasteiger partial charge is 0.463 e. The van der Waals surface area contributed by atoms with Crippen molar-refractivity contribution in [3.8, 4) is 0 Å². The molecule has 1 saturated carbocycles. The standard InChI is InChI=1S/C18H22O4/c1-20-17(19)16-12-14(13-8-4-3-5-9-13)15-10-6-7-11-18(15,21-2)22-16/h3-5,8-9,12,14-15H,6-7,10-11H2,1-2H3/t14-,15-,18-/m0/s1. The van der Waals surface area contributed by atoms with Crippen molar-refractivity contribution in [3.05, 3.63) is 47.7 Å². The number of hydrogen-bond donors (Lipinski definition) is 0. The van der Waals surface area contributed by atoms with Gasteiger partial charge in [0.2, 0.25) is 11.5 Å². The minimum absolute atomic E-state index is 0.101. The first-order valence-electron chi connectivity index (χ1n) is 7.79. The van der Waals surface area contributed by atoms with Crippen molar-refractivity contribution in [3.63, 3.8) is 0 Å². The summed E-state index contributed by atoms with van der Waals surface area (Å²) in [5.74, 6) is -0.596. The Bertz CT molecular complexity index is 566. The highest BCUT2D eigenvalue weighted by molar-refractivity contribution is 5.86. The van der Waals surface area contributed by atoms with Crippen molar-refractivity contribution >= 4 is 5.97 Å². The van der Waals surface area contributed by atoms with Crippen molar-refractivity contribution in [2.45, 2.75) is 37.4 Å². The highest BCUT2D eigenvalue weighted by Crippen LogP contribution is 2.50. The van der Waals surface area contributed by atoms with Gasteiger partial charge in [0.15, 0.2) is 0 Å². The van der Waals surface area contributed by atoms with Gasteiger partial charge < -0.3 is 14.2 Å². The van der Waals surface area contributed by atoms with Crippen molar-refractivity contribution in [2.75, 3.05) is 14.2 Å². The van der Waals surface area contributed by atoms with Crippen LogP contribution in [0.2, 0.25) is 0 Å². The van der Waals surface area contributed by atoms with Crippen molar-refractivity contribution in [2.24, 2.45) is 5.92 Å². The summed E-state index contributed by atoms with van der Waals surface area (Å²) in [7, 11) is 3.04. The van der Waals surface area contributed by atoms with E-state index in [4.69, 9.17) is 14.2 Å². The Morgan fingerprint density at radius 2 is 2.00 bits per heavy atom. The van der Waals surface area contributed by atoms with Gasteiger partial charge in [-0.3, -0.25) is 0 Å². The zero-order valence-corrected chi connectivity index (χ0v) is 13.1. The second kappa shape index (κ2) is 6.13. The lowest BCUT2D eigenvalue weighted by Gasteiger charge is -2.48. The van der Waals surface area contributed by atoms with Gasteiger partial charge in [-0.2, -0.15) is 0 Å². The molecule has 4 heteroatoms. The SMILES string of the molecule is COC(=O)C1=C[C@@H](c2ccccc2)[C@@H]2CCCC[C@]2(OC)O1. The summed E-state index contributed by atoms with van der Waals surface area (Å²) in [6.07, 6.45) is 5.92. The highest BCUT2D eigenvalue weighted by Gasteiger charge is 2.51. The second-order valence-corrected chi connectivity index (χ2v) is 5.93. The second-order valence-electron chi connectivity index (χ2n) is 5.93. The van der Waals surface area contributed by atoms with Gasteiger partial charge in [0.1, 0.15) is 0 Å². The first-order chi connectivity index (χ1) is 10.7. The van der Waals surface area contributed by atoms with Gasteiger partial charge in [0.25, 0.3) is 0 Å². The molecular weight excluding hydrogens is 280 g/mol. The van der Waals surface area contributed by atoms with Crippen LogP contribution < -0.4 is 0 Å². The van der Waals surface area contributed by atoms with Crippen LogP contribution in [0.15, 0.2) is 42.2 Å². The molecule has 3 rings (SSSR count). The number of ether oxygens (including phenoxy) is 3. The molecule has 0 aromatic heterocycles. The molecule has 1 aliphatic heterocycles. The zero-order valence-electron chi connectivity index (χ0n) is 13.1. The third-order valence-corrected chi connectivity index (χ3v) is 4.82. The van der Waals surface area contributed by atoms with Gasteiger partial charge in [-0.1, -0.05) is 36.8 Å². The van der Waals surface area contributed by atoms with Gasteiger partial charge in [-0.15, -0.1) is 0 Å². The molecule has 118 valence electrons. The monoisotopic (exact) mass is 302 g/mol. The van der Waals surface area contributed by atoms with Crippen LogP contribution in [-0.4, -0.2) is 26.0 Å². The number of esters is 1. The molecule has 0 amide bonds. The third-order valence-electron chi connectivity index (χ3n) is 4.82. The van der Waals surface area contributed by atoms with Crippen LogP contribution in [0.4, 0.5) is 0 Å². The summed E-state index contributed by atoms with van der Waals surface area (Å²) in [5.41, 5.74) is 1.18. The van der Waals surface area contributed by atoms with Crippen molar-refractivity contribution in [1.29, 1.82) is 0 Å². The van der Waals surface area contributed by atoms with Gasteiger partial charge in [-0.25, -0.2) is 4.79 Å². The molecule has 3 atom stereocenters. The number of carbonyl (C=O) groups is 1. The molecule has 1 heterocycles. The van der Waals surface area contributed by atoms with Crippen LogP contribution >= 0.6 is 0 Å². The molecule has 1 aromatic rings. The predicted molar refractivity (Wildman–Crippen MR) is 82.1 cm³/mol. The fourth-order valence-electron chi connectivity index (χ4n) is 3.73. The predicted octanol–water partition coefficient (Wildman–Crippen LogP) is 3.39. The summed E-state index contributed by atoms with van der Waals surface area (Å²) in [5, 5.41) is 0. The van der Waals surface area contributed by atoms with Gasteiger partial charge in [0.05, 0.1) is 7.11 Å². The summed E-state index contributed by atoms with van der Waals surface area (Å²) in [6.45, 7) is 0. The topological polar surface area (TPSA) is 44.8 Å². The Morgan fingerprint density at radius 3 is 2.68 bits per heavy atom. The van der Waals surface area contributed by atoms with E-state index in [1.165, 1.54) is 12.7 Å². The Hall–Kier alpha value is -1.81. The van der Waals surface area contributed by atoms with Crippen LogP contribution in [0.1, 0.15) is 37.2 Å². The van der Waals surface area contributed by atoms with Crippen LogP contribution in [0.3, 0.4) is 0 Å². The Kier molecular flexibility index (Phi) is 4.21. The number of allylic oxidation sites excluding steroid dienone is 1. The van der Waals surface area contributed by atoms with Crippen molar-refractivity contribution in [1.82, 2.24) is 0 Å². The summed E-state index contributed by atoms with van der Waals surface area (Å²) >= 11 is 0. The smallest absolute Gasteiger partial charge is 0.373 e. The average Bonchev–Trinajstić information content (AvgIpc) is 2.60. The minimum atomic E-state index is -0.725. The first-order valence-corrected chi connectivity index (χ1v) is 7.79. The van der Waals surface area contributed by atoms with E-state index in [-0.39, 0.29) is 17.6 Å².